The summed E-state index contributed by atoms with van der Waals surface area (Å²) < 4.78 is 5.92. The van der Waals surface area contributed by atoms with Gasteiger partial charge in [-0.3, -0.25) is 24.1 Å². The first kappa shape index (κ1) is 34.2. The summed E-state index contributed by atoms with van der Waals surface area (Å²) in [5, 5.41) is 0. The zero-order valence-electron chi connectivity index (χ0n) is 30.0. The van der Waals surface area contributed by atoms with Crippen LogP contribution in [0.25, 0.3) is 0 Å². The fourth-order valence-electron chi connectivity index (χ4n) is 11.6. The van der Waals surface area contributed by atoms with Gasteiger partial charge in [0.2, 0.25) is 5.91 Å². The van der Waals surface area contributed by atoms with Crippen LogP contribution in [0, 0.1) is 46.3 Å². The Morgan fingerprint density at radius 3 is 2.31 bits per heavy atom. The number of hydrogen-bond donors (Lipinski definition) is 0. The summed E-state index contributed by atoms with van der Waals surface area (Å²) in [6.45, 7) is 12.2. The van der Waals surface area contributed by atoms with Gasteiger partial charge >= 0.3 is 6.09 Å². The van der Waals surface area contributed by atoms with E-state index in [1.165, 1.54) is 50.5 Å². The van der Waals surface area contributed by atoms with Crippen LogP contribution in [0.2, 0.25) is 0 Å². The third-order valence-corrected chi connectivity index (χ3v) is 14.2. The van der Waals surface area contributed by atoms with E-state index in [1.54, 1.807) is 24.3 Å². The number of amides is 5. The average molecular weight is 671 g/mol. The number of fused-ring (bicyclic) bond motifs is 6. The van der Waals surface area contributed by atoms with E-state index < -0.39 is 41.9 Å². The van der Waals surface area contributed by atoms with Crippen molar-refractivity contribution in [2.45, 2.75) is 130 Å². The highest BCUT2D eigenvalue weighted by Gasteiger charge is 2.59. The van der Waals surface area contributed by atoms with Crippen LogP contribution in [0.3, 0.4) is 0 Å². The molecule has 0 N–H and O–H groups in total. The quantitative estimate of drug-likeness (QED) is 0.214. The number of ether oxygens (including phenoxy) is 1. The molecule has 1 aromatic carbocycles. The van der Waals surface area contributed by atoms with Crippen molar-refractivity contribution in [3.05, 3.63) is 47.0 Å². The number of imide groups is 4. The van der Waals surface area contributed by atoms with Gasteiger partial charge in [0.1, 0.15) is 12.1 Å². The minimum atomic E-state index is -1.22. The van der Waals surface area contributed by atoms with Gasteiger partial charge in [-0.15, -0.1) is 0 Å². The molecule has 49 heavy (non-hydrogen) atoms. The molecule has 264 valence electrons. The lowest BCUT2D eigenvalue weighted by Crippen LogP contribution is -2.58. The van der Waals surface area contributed by atoms with Crippen LogP contribution in [0.5, 0.6) is 0 Å². The topological polar surface area (TPSA) is 101 Å². The Labute approximate surface area is 291 Å². The van der Waals surface area contributed by atoms with Crippen molar-refractivity contribution >= 4 is 29.7 Å². The van der Waals surface area contributed by atoms with Crippen LogP contribution in [0.4, 0.5) is 4.79 Å². The summed E-state index contributed by atoms with van der Waals surface area (Å²) in [6.07, 6.45) is 13.4. The third kappa shape index (κ3) is 5.60. The minimum Gasteiger partial charge on any atom is -0.445 e. The van der Waals surface area contributed by atoms with Crippen LogP contribution < -0.4 is 0 Å². The second kappa shape index (κ2) is 12.8. The molecule has 8 heteroatoms. The molecule has 8 nitrogen and oxygen atoms in total. The standard InChI is InChI=1S/C41H54N2O6/c1-24(2)9-8-10-25(3)31-15-16-32-30-14-13-26-23-27(19-21-40(26,4)33(30)20-22-41(31,32)5)49-39(48)43-35(44)18-17-34(38(43)47)42-36(45)28-11-6-7-12-29(28)37(42)46/h6-7,11-13,24-25,27,30-34H,8-10,14-23H2,1-5H3/t25-,27+,30+,31-,32+,33+,34?,40+,41-/m1/s1. The molecule has 0 radical (unpaired) electrons. The molecule has 1 aromatic rings. The Morgan fingerprint density at radius 1 is 0.898 bits per heavy atom. The molecule has 0 bridgehead atoms. The number of piperidine rings is 1. The third-order valence-electron chi connectivity index (χ3n) is 14.2. The molecular weight excluding hydrogens is 616 g/mol. The lowest BCUT2D eigenvalue weighted by atomic mass is 9.47. The van der Waals surface area contributed by atoms with Crippen LogP contribution in [0.1, 0.15) is 139 Å². The molecular formula is C41H54N2O6. The molecule has 2 heterocycles. The summed E-state index contributed by atoms with van der Waals surface area (Å²) in [6, 6.07) is 5.19. The van der Waals surface area contributed by atoms with E-state index in [9.17, 15) is 24.0 Å². The average Bonchev–Trinajstić information content (AvgIpc) is 3.54. The summed E-state index contributed by atoms with van der Waals surface area (Å²) in [4.78, 5) is 67.7. The van der Waals surface area contributed by atoms with Crippen molar-refractivity contribution < 1.29 is 28.7 Å². The largest absolute Gasteiger partial charge is 0.445 e. The Hall–Kier alpha value is -3.29. The lowest BCUT2D eigenvalue weighted by Gasteiger charge is -2.58. The van der Waals surface area contributed by atoms with Gasteiger partial charge in [-0.2, -0.15) is 4.90 Å². The van der Waals surface area contributed by atoms with Gasteiger partial charge in [-0.1, -0.05) is 77.7 Å². The smallest absolute Gasteiger partial charge is 0.423 e. The second-order valence-corrected chi connectivity index (χ2v) is 17.2. The van der Waals surface area contributed by atoms with Crippen molar-refractivity contribution in [2.24, 2.45) is 46.3 Å². The van der Waals surface area contributed by atoms with Gasteiger partial charge in [-0.05, 0) is 110 Å². The van der Waals surface area contributed by atoms with E-state index in [1.807, 2.05) is 0 Å². The van der Waals surface area contributed by atoms with Crippen molar-refractivity contribution in [3.8, 4) is 0 Å². The SMILES string of the molecule is CC(C)CCC[C@@H](C)[C@H]1CC[C@H]2[C@@H]3CC=C4C[C@@H](OC(=O)N5C(=O)CCC(N6C(=O)c7ccccc7C6=O)C5=O)CC[C@]4(C)[C@H]3CC[C@]12C. The molecule has 1 unspecified atom stereocenters. The number of benzene rings is 1. The zero-order chi connectivity index (χ0) is 34.8. The van der Waals surface area contributed by atoms with Gasteiger partial charge in [0.15, 0.2) is 0 Å². The maximum absolute atomic E-state index is 13.6. The summed E-state index contributed by atoms with van der Waals surface area (Å²) >= 11 is 0. The first-order chi connectivity index (χ1) is 23.3. The molecule has 5 amide bonds. The van der Waals surface area contributed by atoms with Crippen LogP contribution in [-0.2, 0) is 14.3 Å². The highest BCUT2D eigenvalue weighted by Crippen LogP contribution is 2.67. The number of carbonyl (C=O) groups excluding carboxylic acids is 5. The van der Waals surface area contributed by atoms with E-state index in [0.29, 0.717) is 35.0 Å². The molecule has 3 saturated carbocycles. The first-order valence-corrected chi connectivity index (χ1v) is 19.1. The van der Waals surface area contributed by atoms with Gasteiger partial charge in [0.25, 0.3) is 17.7 Å². The van der Waals surface area contributed by atoms with E-state index in [4.69, 9.17) is 4.74 Å². The molecule has 0 spiro atoms. The number of nitrogens with zero attached hydrogens (tertiary/aromatic N) is 2. The van der Waals surface area contributed by atoms with E-state index in [0.717, 1.165) is 41.4 Å². The molecule has 0 aromatic heterocycles. The van der Waals surface area contributed by atoms with Gasteiger partial charge in [0.05, 0.1) is 11.1 Å². The van der Waals surface area contributed by atoms with Crippen LogP contribution in [0.15, 0.2) is 35.9 Å². The Bertz CT molecular complexity index is 1550. The van der Waals surface area contributed by atoms with Crippen molar-refractivity contribution in [1.82, 2.24) is 9.80 Å². The molecule has 7 rings (SSSR count). The maximum Gasteiger partial charge on any atom is 0.423 e. The number of likely N-dealkylation sites (tertiary alicyclic amines) is 1. The van der Waals surface area contributed by atoms with Gasteiger partial charge in [0, 0.05) is 12.8 Å². The highest BCUT2D eigenvalue weighted by molar-refractivity contribution is 6.24. The summed E-state index contributed by atoms with van der Waals surface area (Å²) in [5.74, 6) is 1.77. The maximum atomic E-state index is 13.6. The lowest BCUT2D eigenvalue weighted by molar-refractivity contribution is -0.149. The number of hydrogen-bond acceptors (Lipinski definition) is 6. The predicted molar refractivity (Wildman–Crippen MR) is 185 cm³/mol. The van der Waals surface area contributed by atoms with Crippen molar-refractivity contribution in [1.29, 1.82) is 0 Å². The Kier molecular flexibility index (Phi) is 8.92. The van der Waals surface area contributed by atoms with E-state index in [2.05, 4.69) is 40.7 Å². The fraction of sp³-hybridized carbons (Fsp3) is 0.683. The van der Waals surface area contributed by atoms with Gasteiger partial charge in [-0.25, -0.2) is 4.79 Å². The van der Waals surface area contributed by atoms with E-state index in [-0.39, 0.29) is 29.4 Å². The molecule has 1 saturated heterocycles. The first-order valence-electron chi connectivity index (χ1n) is 19.1. The number of carbonyl (C=O) groups is 5. The fourth-order valence-corrected chi connectivity index (χ4v) is 11.6. The Balaban J connectivity index is 1.00. The minimum absolute atomic E-state index is 0.0119. The Morgan fingerprint density at radius 2 is 1.61 bits per heavy atom. The van der Waals surface area contributed by atoms with Crippen LogP contribution >= 0.6 is 0 Å². The molecule has 6 aliphatic rings. The number of allylic oxidation sites excluding steroid dienone is 1. The molecule has 4 aliphatic carbocycles. The van der Waals surface area contributed by atoms with Crippen LogP contribution in [-0.4, -0.2) is 51.7 Å². The zero-order valence-corrected chi connectivity index (χ0v) is 30.0. The monoisotopic (exact) mass is 670 g/mol. The predicted octanol–water partition coefficient (Wildman–Crippen LogP) is 8.35. The molecule has 4 fully saturated rings. The summed E-state index contributed by atoms with van der Waals surface area (Å²) in [5.41, 5.74) is 2.30. The second-order valence-electron chi connectivity index (χ2n) is 17.2. The molecule has 9 atom stereocenters. The highest BCUT2D eigenvalue weighted by atomic mass is 16.6. The number of rotatable bonds is 7. The normalized spacial score (nSPS) is 36.2. The van der Waals surface area contributed by atoms with Crippen molar-refractivity contribution in [2.75, 3.05) is 0 Å². The van der Waals surface area contributed by atoms with Crippen molar-refractivity contribution in [3.63, 3.8) is 0 Å². The van der Waals surface area contributed by atoms with E-state index >= 15 is 0 Å². The van der Waals surface area contributed by atoms with Gasteiger partial charge < -0.3 is 4.74 Å². The molecule has 2 aliphatic heterocycles. The summed E-state index contributed by atoms with van der Waals surface area (Å²) in [7, 11) is 0.